The number of aryl methyl sites for hydroxylation is 1. The number of ether oxygens (including phenoxy) is 1. The lowest BCUT2D eigenvalue weighted by molar-refractivity contribution is -0.121. The number of fused-ring (bicyclic) bond motifs is 1. The van der Waals surface area contributed by atoms with Gasteiger partial charge in [0.2, 0.25) is 5.91 Å². The maximum absolute atomic E-state index is 13.9. The molecule has 1 aliphatic rings. The first-order chi connectivity index (χ1) is 19.6. The van der Waals surface area contributed by atoms with Crippen LogP contribution in [0.3, 0.4) is 0 Å². The van der Waals surface area contributed by atoms with Gasteiger partial charge in [0.1, 0.15) is 17.5 Å². The quantitative estimate of drug-likeness (QED) is 0.212. The van der Waals surface area contributed by atoms with Crippen LogP contribution in [0.1, 0.15) is 59.7 Å². The SMILES string of the molecule is CCCCCCc1ccc(NC(=O)[C@H]2Cc3ccccc3CN2C(=O)c2cccc(Oc3ccccc3)c2)cc1. The van der Waals surface area contributed by atoms with E-state index in [1.54, 1.807) is 17.0 Å². The number of hydrogen-bond donors (Lipinski definition) is 1. The molecule has 5 rings (SSSR count). The first kappa shape index (κ1) is 27.2. The summed E-state index contributed by atoms with van der Waals surface area (Å²) in [6, 6.07) is 32.1. The molecule has 0 aliphatic carbocycles. The number of hydrogen-bond acceptors (Lipinski definition) is 3. The van der Waals surface area contributed by atoms with E-state index in [4.69, 9.17) is 4.74 Å². The molecule has 1 atom stereocenters. The molecule has 0 bridgehead atoms. The van der Waals surface area contributed by atoms with Gasteiger partial charge in [0.05, 0.1) is 0 Å². The lowest BCUT2D eigenvalue weighted by Gasteiger charge is -2.36. The summed E-state index contributed by atoms with van der Waals surface area (Å²) in [5, 5.41) is 3.07. The van der Waals surface area contributed by atoms with E-state index in [9.17, 15) is 9.59 Å². The van der Waals surface area contributed by atoms with Crippen LogP contribution in [-0.4, -0.2) is 22.8 Å². The number of para-hydroxylation sites is 1. The van der Waals surface area contributed by atoms with Crippen LogP contribution in [0.15, 0.2) is 103 Å². The maximum Gasteiger partial charge on any atom is 0.254 e. The average molecular weight is 533 g/mol. The Bertz CT molecular complexity index is 1430. The third-order valence-corrected chi connectivity index (χ3v) is 7.41. The molecule has 2 amide bonds. The summed E-state index contributed by atoms with van der Waals surface area (Å²) in [6.07, 6.45) is 6.41. The van der Waals surface area contributed by atoms with E-state index in [1.807, 2.05) is 78.9 Å². The van der Waals surface area contributed by atoms with Crippen LogP contribution >= 0.6 is 0 Å². The average Bonchev–Trinajstić information content (AvgIpc) is 3.00. The molecule has 5 nitrogen and oxygen atoms in total. The lowest BCUT2D eigenvalue weighted by atomic mass is 9.92. The Labute approximate surface area is 236 Å². The van der Waals surface area contributed by atoms with Gasteiger partial charge in [0.25, 0.3) is 5.91 Å². The highest BCUT2D eigenvalue weighted by molar-refractivity contribution is 6.01. The standard InChI is InChI=1S/C35H36N2O3/c1-2-3-4-6-12-26-19-21-30(22-20-26)36-34(38)33-24-27-13-9-10-14-29(27)25-37(33)35(39)28-15-11-18-32(23-28)40-31-16-7-5-8-17-31/h5,7-11,13-23,33H,2-4,6,12,24-25H2,1H3,(H,36,38)/t33-/m1/s1. The fraction of sp³-hybridized carbons (Fsp3) is 0.257. The summed E-state index contributed by atoms with van der Waals surface area (Å²) >= 11 is 0. The topological polar surface area (TPSA) is 58.6 Å². The fourth-order valence-electron chi connectivity index (χ4n) is 5.19. The Balaban J connectivity index is 1.33. The monoisotopic (exact) mass is 532 g/mol. The van der Waals surface area contributed by atoms with Crippen molar-refractivity contribution in [2.75, 3.05) is 5.32 Å². The molecule has 5 heteroatoms. The van der Waals surface area contributed by atoms with Crippen molar-refractivity contribution in [3.8, 4) is 11.5 Å². The predicted molar refractivity (Wildman–Crippen MR) is 160 cm³/mol. The summed E-state index contributed by atoms with van der Waals surface area (Å²) in [4.78, 5) is 29.2. The second-order valence-electron chi connectivity index (χ2n) is 10.4. The van der Waals surface area contributed by atoms with E-state index < -0.39 is 6.04 Å². The molecule has 4 aromatic carbocycles. The minimum absolute atomic E-state index is 0.185. The van der Waals surface area contributed by atoms with E-state index in [0.717, 1.165) is 23.2 Å². The van der Waals surface area contributed by atoms with Crippen molar-refractivity contribution in [2.24, 2.45) is 0 Å². The zero-order valence-corrected chi connectivity index (χ0v) is 23.0. The number of benzene rings is 4. The molecule has 1 heterocycles. The number of carbonyl (C=O) groups excluding carboxylic acids is 2. The van der Waals surface area contributed by atoms with E-state index in [0.29, 0.717) is 30.0 Å². The summed E-state index contributed by atoms with van der Waals surface area (Å²) in [5.74, 6) is 0.888. The Morgan fingerprint density at radius 1 is 0.800 bits per heavy atom. The van der Waals surface area contributed by atoms with Gasteiger partial charge in [-0.25, -0.2) is 0 Å². The van der Waals surface area contributed by atoms with Crippen LogP contribution in [0.5, 0.6) is 11.5 Å². The summed E-state index contributed by atoms with van der Waals surface area (Å²) in [6.45, 7) is 2.59. The van der Waals surface area contributed by atoms with Crippen LogP contribution in [0, 0.1) is 0 Å². The maximum atomic E-state index is 13.9. The van der Waals surface area contributed by atoms with Crippen LogP contribution in [-0.2, 0) is 24.2 Å². The Hall–Kier alpha value is -4.38. The largest absolute Gasteiger partial charge is 0.457 e. The molecule has 0 fully saturated rings. The summed E-state index contributed by atoms with van der Waals surface area (Å²) in [7, 11) is 0. The van der Waals surface area contributed by atoms with Crippen molar-refractivity contribution in [2.45, 2.75) is 58.0 Å². The van der Waals surface area contributed by atoms with Crippen molar-refractivity contribution in [1.29, 1.82) is 0 Å². The van der Waals surface area contributed by atoms with E-state index >= 15 is 0 Å². The van der Waals surface area contributed by atoms with Gasteiger partial charge in [-0.2, -0.15) is 0 Å². The van der Waals surface area contributed by atoms with Gasteiger partial charge in [-0.3, -0.25) is 9.59 Å². The highest BCUT2D eigenvalue weighted by Gasteiger charge is 2.35. The molecule has 0 saturated carbocycles. The Kier molecular flexibility index (Phi) is 8.92. The predicted octanol–water partition coefficient (Wildman–Crippen LogP) is 7.81. The fourth-order valence-corrected chi connectivity index (χ4v) is 5.19. The van der Waals surface area contributed by atoms with Crippen molar-refractivity contribution >= 4 is 17.5 Å². The third kappa shape index (κ3) is 6.78. The highest BCUT2D eigenvalue weighted by atomic mass is 16.5. The highest BCUT2D eigenvalue weighted by Crippen LogP contribution is 2.28. The van der Waals surface area contributed by atoms with Crippen LogP contribution in [0.4, 0.5) is 5.69 Å². The van der Waals surface area contributed by atoms with E-state index in [-0.39, 0.29) is 11.8 Å². The summed E-state index contributed by atoms with van der Waals surface area (Å²) < 4.78 is 5.96. The first-order valence-corrected chi connectivity index (χ1v) is 14.2. The van der Waals surface area contributed by atoms with Crippen LogP contribution < -0.4 is 10.1 Å². The number of nitrogens with one attached hydrogen (secondary N) is 1. The second kappa shape index (κ2) is 13.1. The van der Waals surface area contributed by atoms with Gasteiger partial charge in [-0.15, -0.1) is 0 Å². The van der Waals surface area contributed by atoms with Crippen LogP contribution in [0.2, 0.25) is 0 Å². The number of nitrogens with zero attached hydrogens (tertiary/aromatic N) is 1. The number of unbranched alkanes of at least 4 members (excludes halogenated alkanes) is 3. The molecule has 0 radical (unpaired) electrons. The molecule has 40 heavy (non-hydrogen) atoms. The van der Waals surface area contributed by atoms with Gasteiger partial charge in [0.15, 0.2) is 0 Å². The molecule has 204 valence electrons. The van der Waals surface area contributed by atoms with Crippen molar-refractivity contribution < 1.29 is 14.3 Å². The third-order valence-electron chi connectivity index (χ3n) is 7.41. The van der Waals surface area contributed by atoms with Crippen molar-refractivity contribution in [1.82, 2.24) is 4.90 Å². The molecule has 0 spiro atoms. The van der Waals surface area contributed by atoms with Gasteiger partial charge < -0.3 is 15.0 Å². The van der Waals surface area contributed by atoms with Crippen molar-refractivity contribution in [3.63, 3.8) is 0 Å². The molecule has 0 aromatic heterocycles. The van der Waals surface area contributed by atoms with Gasteiger partial charge in [0, 0.05) is 24.2 Å². The number of amides is 2. The second-order valence-corrected chi connectivity index (χ2v) is 10.4. The summed E-state index contributed by atoms with van der Waals surface area (Å²) in [5.41, 5.74) is 4.65. The zero-order chi connectivity index (χ0) is 27.7. The number of carbonyl (C=O) groups is 2. The van der Waals surface area contributed by atoms with Gasteiger partial charge in [-0.05, 0) is 72.0 Å². The smallest absolute Gasteiger partial charge is 0.254 e. The van der Waals surface area contributed by atoms with E-state index in [2.05, 4.69) is 24.4 Å². The molecule has 0 unspecified atom stereocenters. The minimum atomic E-state index is -0.630. The van der Waals surface area contributed by atoms with Crippen LogP contribution in [0.25, 0.3) is 0 Å². The molecule has 1 N–H and O–H groups in total. The van der Waals surface area contributed by atoms with Gasteiger partial charge in [-0.1, -0.05) is 86.8 Å². The normalized spacial score (nSPS) is 14.3. The number of anilines is 1. The molecule has 0 saturated heterocycles. The molecule has 4 aromatic rings. The Morgan fingerprint density at radius 3 is 2.30 bits per heavy atom. The Morgan fingerprint density at radius 2 is 1.52 bits per heavy atom. The molecular formula is C35H36N2O3. The molecular weight excluding hydrogens is 496 g/mol. The zero-order valence-electron chi connectivity index (χ0n) is 23.0. The van der Waals surface area contributed by atoms with Gasteiger partial charge >= 0.3 is 0 Å². The first-order valence-electron chi connectivity index (χ1n) is 14.2. The minimum Gasteiger partial charge on any atom is -0.457 e. The molecule has 1 aliphatic heterocycles. The lowest BCUT2D eigenvalue weighted by Crippen LogP contribution is -2.50. The van der Waals surface area contributed by atoms with Crippen molar-refractivity contribution in [3.05, 3.63) is 125 Å². The van der Waals surface area contributed by atoms with E-state index in [1.165, 1.54) is 31.2 Å². The number of rotatable bonds is 10.